The molecule has 2 aromatic rings. The Labute approximate surface area is 135 Å². The zero-order valence-corrected chi connectivity index (χ0v) is 13.9. The van der Waals surface area contributed by atoms with Crippen LogP contribution < -0.4 is 19.5 Å². The van der Waals surface area contributed by atoms with Gasteiger partial charge in [-0.2, -0.15) is 0 Å². The van der Waals surface area contributed by atoms with Gasteiger partial charge >= 0.3 is 0 Å². The summed E-state index contributed by atoms with van der Waals surface area (Å²) >= 11 is 0. The fourth-order valence-corrected chi connectivity index (χ4v) is 2.23. The molecule has 6 heteroatoms. The summed E-state index contributed by atoms with van der Waals surface area (Å²) < 4.78 is 15.8. The molecule has 23 heavy (non-hydrogen) atoms. The van der Waals surface area contributed by atoms with Crippen molar-refractivity contribution in [3.8, 4) is 17.2 Å². The second-order valence-electron chi connectivity index (χ2n) is 4.95. The summed E-state index contributed by atoms with van der Waals surface area (Å²) in [5, 5.41) is 2.84. The maximum absolute atomic E-state index is 12.5. The van der Waals surface area contributed by atoms with Crippen LogP contribution in [0, 0.1) is 13.8 Å². The van der Waals surface area contributed by atoms with Crippen LogP contribution in [-0.4, -0.2) is 32.2 Å². The lowest BCUT2D eigenvalue weighted by Crippen LogP contribution is -2.14. The molecule has 0 bridgehead atoms. The van der Waals surface area contributed by atoms with E-state index in [1.54, 1.807) is 12.1 Å². The van der Waals surface area contributed by atoms with Gasteiger partial charge in [-0.3, -0.25) is 9.78 Å². The Balaban J connectivity index is 2.35. The molecule has 1 aromatic heterocycles. The summed E-state index contributed by atoms with van der Waals surface area (Å²) in [6.07, 6.45) is 0. The van der Waals surface area contributed by atoms with Crippen LogP contribution >= 0.6 is 0 Å². The monoisotopic (exact) mass is 316 g/mol. The molecule has 0 spiro atoms. The number of nitrogens with one attached hydrogen (secondary N) is 1. The fourth-order valence-electron chi connectivity index (χ4n) is 2.23. The van der Waals surface area contributed by atoms with Gasteiger partial charge in [0.25, 0.3) is 5.91 Å². The number of hydrogen-bond acceptors (Lipinski definition) is 5. The van der Waals surface area contributed by atoms with Crippen LogP contribution in [0.4, 0.5) is 5.69 Å². The molecule has 1 N–H and O–H groups in total. The molecule has 0 radical (unpaired) electrons. The maximum atomic E-state index is 12.5. The summed E-state index contributed by atoms with van der Waals surface area (Å²) in [7, 11) is 4.53. The first-order valence-electron chi connectivity index (χ1n) is 7.05. The van der Waals surface area contributed by atoms with Crippen molar-refractivity contribution >= 4 is 11.6 Å². The van der Waals surface area contributed by atoms with Crippen LogP contribution in [-0.2, 0) is 0 Å². The number of carbonyl (C=O) groups excluding carboxylic acids is 1. The van der Waals surface area contributed by atoms with Crippen molar-refractivity contribution in [3.05, 3.63) is 41.2 Å². The van der Waals surface area contributed by atoms with Gasteiger partial charge in [0, 0.05) is 11.3 Å². The normalized spacial score (nSPS) is 10.1. The zero-order chi connectivity index (χ0) is 17.0. The van der Waals surface area contributed by atoms with E-state index in [-0.39, 0.29) is 5.91 Å². The summed E-state index contributed by atoms with van der Waals surface area (Å²) in [4.78, 5) is 16.8. The van der Waals surface area contributed by atoms with Crippen LogP contribution in [0.25, 0.3) is 0 Å². The topological polar surface area (TPSA) is 69.7 Å². The fraction of sp³-hybridized carbons (Fsp3) is 0.294. The van der Waals surface area contributed by atoms with Gasteiger partial charge in [0.05, 0.1) is 32.7 Å². The van der Waals surface area contributed by atoms with E-state index in [4.69, 9.17) is 14.2 Å². The molecular formula is C17H20N2O4. The van der Waals surface area contributed by atoms with Gasteiger partial charge in [0.2, 0.25) is 5.75 Å². The highest BCUT2D eigenvalue weighted by molar-refractivity contribution is 6.05. The highest BCUT2D eigenvalue weighted by Gasteiger charge is 2.17. The minimum atomic E-state index is -0.280. The van der Waals surface area contributed by atoms with Crippen molar-refractivity contribution in [3.63, 3.8) is 0 Å². The van der Waals surface area contributed by atoms with Crippen LogP contribution in [0.3, 0.4) is 0 Å². The molecule has 1 heterocycles. The molecule has 1 aromatic carbocycles. The number of pyridine rings is 1. The second-order valence-corrected chi connectivity index (χ2v) is 4.95. The van der Waals surface area contributed by atoms with E-state index in [9.17, 15) is 4.79 Å². The van der Waals surface area contributed by atoms with E-state index in [0.29, 0.717) is 28.5 Å². The van der Waals surface area contributed by atoms with Crippen molar-refractivity contribution < 1.29 is 19.0 Å². The van der Waals surface area contributed by atoms with Gasteiger partial charge < -0.3 is 19.5 Å². The first kappa shape index (κ1) is 16.6. The van der Waals surface area contributed by atoms with E-state index in [0.717, 1.165) is 11.4 Å². The van der Waals surface area contributed by atoms with E-state index in [2.05, 4.69) is 10.3 Å². The molecule has 0 aliphatic rings. The third-order valence-corrected chi connectivity index (χ3v) is 3.40. The average Bonchev–Trinajstić information content (AvgIpc) is 2.55. The number of aryl methyl sites for hydroxylation is 2. The molecule has 0 atom stereocenters. The quantitative estimate of drug-likeness (QED) is 0.918. The summed E-state index contributed by atoms with van der Waals surface area (Å²) in [6.45, 7) is 3.75. The summed E-state index contributed by atoms with van der Waals surface area (Å²) in [6, 6.07) is 6.88. The third kappa shape index (κ3) is 3.53. The first-order valence-corrected chi connectivity index (χ1v) is 7.05. The zero-order valence-electron chi connectivity index (χ0n) is 13.9. The SMILES string of the molecule is COc1cc(C(=O)Nc2ccc(C)nc2C)cc(OC)c1OC. The van der Waals surface area contributed by atoms with Gasteiger partial charge in [0.1, 0.15) is 0 Å². The number of hydrogen-bond donors (Lipinski definition) is 1. The number of amides is 1. The smallest absolute Gasteiger partial charge is 0.255 e. The minimum Gasteiger partial charge on any atom is -0.493 e. The number of anilines is 1. The molecule has 0 fully saturated rings. The standard InChI is InChI=1S/C17H20N2O4/c1-10-6-7-13(11(2)18-10)19-17(20)12-8-14(21-3)16(23-5)15(9-12)22-4/h6-9H,1-5H3,(H,19,20). The molecule has 0 saturated carbocycles. The molecule has 0 saturated heterocycles. The van der Waals surface area contributed by atoms with Crippen LogP contribution in [0.1, 0.15) is 21.7 Å². The van der Waals surface area contributed by atoms with Crippen LogP contribution in [0.15, 0.2) is 24.3 Å². The molecule has 6 nitrogen and oxygen atoms in total. The lowest BCUT2D eigenvalue weighted by atomic mass is 10.1. The number of methoxy groups -OCH3 is 3. The Morgan fingerprint density at radius 3 is 2.09 bits per heavy atom. The second kappa shape index (κ2) is 7.00. The van der Waals surface area contributed by atoms with Crippen molar-refractivity contribution in [2.45, 2.75) is 13.8 Å². The molecule has 2 rings (SSSR count). The average molecular weight is 316 g/mol. The number of rotatable bonds is 5. The number of ether oxygens (including phenoxy) is 3. The van der Waals surface area contributed by atoms with Crippen molar-refractivity contribution in [2.75, 3.05) is 26.6 Å². The first-order chi connectivity index (χ1) is 11.0. The third-order valence-electron chi connectivity index (χ3n) is 3.40. The molecule has 0 aliphatic heterocycles. The summed E-state index contributed by atoms with van der Waals surface area (Å²) in [5.41, 5.74) is 2.72. The van der Waals surface area contributed by atoms with E-state index in [1.165, 1.54) is 21.3 Å². The lowest BCUT2D eigenvalue weighted by molar-refractivity contribution is 0.102. The van der Waals surface area contributed by atoms with Crippen molar-refractivity contribution in [2.24, 2.45) is 0 Å². The lowest BCUT2D eigenvalue weighted by Gasteiger charge is -2.14. The minimum absolute atomic E-state index is 0.280. The van der Waals surface area contributed by atoms with Gasteiger partial charge in [-0.1, -0.05) is 0 Å². The Hall–Kier alpha value is -2.76. The maximum Gasteiger partial charge on any atom is 0.255 e. The number of aromatic nitrogens is 1. The predicted octanol–water partition coefficient (Wildman–Crippen LogP) is 2.98. The Kier molecular flexibility index (Phi) is 5.05. The number of carbonyl (C=O) groups is 1. The van der Waals surface area contributed by atoms with Crippen LogP contribution in [0.2, 0.25) is 0 Å². The molecule has 1 amide bonds. The van der Waals surface area contributed by atoms with Crippen LogP contribution in [0.5, 0.6) is 17.2 Å². The number of nitrogens with zero attached hydrogens (tertiary/aromatic N) is 1. The van der Waals surface area contributed by atoms with Gasteiger partial charge in [-0.25, -0.2) is 0 Å². The van der Waals surface area contributed by atoms with Gasteiger partial charge in [0.15, 0.2) is 11.5 Å². The van der Waals surface area contributed by atoms with Gasteiger partial charge in [-0.15, -0.1) is 0 Å². The van der Waals surface area contributed by atoms with E-state index in [1.807, 2.05) is 26.0 Å². The van der Waals surface area contributed by atoms with E-state index >= 15 is 0 Å². The Bertz CT molecular complexity index is 704. The predicted molar refractivity (Wildman–Crippen MR) is 87.8 cm³/mol. The Morgan fingerprint density at radius 2 is 1.61 bits per heavy atom. The van der Waals surface area contributed by atoms with E-state index < -0.39 is 0 Å². The van der Waals surface area contributed by atoms with Crippen molar-refractivity contribution in [1.29, 1.82) is 0 Å². The molecule has 0 aliphatic carbocycles. The number of benzene rings is 1. The van der Waals surface area contributed by atoms with Crippen molar-refractivity contribution in [1.82, 2.24) is 4.98 Å². The molecule has 0 unspecified atom stereocenters. The Morgan fingerprint density at radius 1 is 1.00 bits per heavy atom. The molecular weight excluding hydrogens is 296 g/mol. The highest BCUT2D eigenvalue weighted by atomic mass is 16.5. The largest absolute Gasteiger partial charge is 0.493 e. The highest BCUT2D eigenvalue weighted by Crippen LogP contribution is 2.38. The molecule has 122 valence electrons. The summed E-state index contributed by atoms with van der Waals surface area (Å²) in [5.74, 6) is 1.02. The van der Waals surface area contributed by atoms with Gasteiger partial charge in [-0.05, 0) is 38.1 Å².